The average molecular weight is 319 g/mol. The molecule has 20 heavy (non-hydrogen) atoms. The summed E-state index contributed by atoms with van der Waals surface area (Å²) in [5.74, 6) is -0.828. The molecule has 1 aliphatic heterocycles. The molecule has 0 aromatic heterocycles. The minimum absolute atomic E-state index is 0.00514. The average Bonchev–Trinajstić information content (AvgIpc) is 2.27. The number of halogens is 3. The summed E-state index contributed by atoms with van der Waals surface area (Å²) in [5.41, 5.74) is 0. The fraction of sp³-hybridized carbons (Fsp3) is 0.900. The Balaban J connectivity index is 2.50. The molecule has 118 valence electrons. The van der Waals surface area contributed by atoms with Crippen LogP contribution in [0.3, 0.4) is 0 Å². The molecule has 0 aromatic rings. The summed E-state index contributed by atoms with van der Waals surface area (Å²) in [7, 11) is -3.07. The fourth-order valence-corrected chi connectivity index (χ4v) is 3.04. The second-order valence-electron chi connectivity index (χ2n) is 4.44. The minimum atomic E-state index is -4.80. The lowest BCUT2D eigenvalue weighted by Crippen LogP contribution is -2.46. The summed E-state index contributed by atoms with van der Waals surface area (Å²) >= 11 is 0. The van der Waals surface area contributed by atoms with Crippen molar-refractivity contribution in [3.63, 3.8) is 0 Å². The lowest BCUT2D eigenvalue weighted by molar-refractivity contribution is -0.331. The topological polar surface area (TPSA) is 72.9 Å². The highest BCUT2D eigenvalue weighted by molar-refractivity contribution is 7.91. The molecule has 10 heteroatoms. The summed E-state index contributed by atoms with van der Waals surface area (Å²) in [5, 5.41) is 0. The zero-order valence-electron chi connectivity index (χ0n) is 10.9. The van der Waals surface area contributed by atoms with Crippen LogP contribution in [-0.4, -0.2) is 69.5 Å². The van der Waals surface area contributed by atoms with Gasteiger partial charge in [0, 0.05) is 26.6 Å². The maximum atomic E-state index is 12.0. The monoisotopic (exact) mass is 319 g/mol. The van der Waals surface area contributed by atoms with Gasteiger partial charge in [-0.25, -0.2) is 8.42 Å². The van der Waals surface area contributed by atoms with Crippen molar-refractivity contribution in [2.24, 2.45) is 0 Å². The van der Waals surface area contributed by atoms with Gasteiger partial charge in [-0.2, -0.15) is 0 Å². The second kappa shape index (κ2) is 6.72. The maximum absolute atomic E-state index is 12.0. The first-order chi connectivity index (χ1) is 9.07. The maximum Gasteiger partial charge on any atom is 0.522 e. The zero-order valence-corrected chi connectivity index (χ0v) is 11.7. The summed E-state index contributed by atoms with van der Waals surface area (Å²) < 4.78 is 66.8. The van der Waals surface area contributed by atoms with Gasteiger partial charge in [-0.1, -0.05) is 0 Å². The molecule has 0 spiro atoms. The molecule has 0 amide bonds. The molecule has 0 radical (unpaired) electrons. The molecule has 0 aliphatic carbocycles. The van der Waals surface area contributed by atoms with E-state index in [-0.39, 0.29) is 31.1 Å². The van der Waals surface area contributed by atoms with Gasteiger partial charge in [0.1, 0.15) is 6.10 Å². The minimum Gasteiger partial charge on any atom is -0.459 e. The number of esters is 1. The quantitative estimate of drug-likeness (QED) is 0.673. The Kier molecular flexibility index (Phi) is 5.78. The van der Waals surface area contributed by atoms with E-state index >= 15 is 0 Å². The number of ether oxygens (including phenoxy) is 2. The Bertz CT molecular complexity index is 423. The third kappa shape index (κ3) is 7.06. The van der Waals surface area contributed by atoms with Crippen molar-refractivity contribution in [1.82, 2.24) is 4.90 Å². The van der Waals surface area contributed by atoms with Gasteiger partial charge < -0.3 is 4.74 Å². The molecule has 1 rings (SSSR count). The molecule has 0 saturated carbocycles. The Morgan fingerprint density at radius 3 is 2.30 bits per heavy atom. The van der Waals surface area contributed by atoms with E-state index in [0.717, 1.165) is 6.92 Å². The molecular weight excluding hydrogens is 303 g/mol. The molecule has 1 saturated heterocycles. The summed E-state index contributed by atoms with van der Waals surface area (Å²) in [6.07, 6.45) is -5.89. The molecular formula is C10H16F3NO5S. The lowest BCUT2D eigenvalue weighted by Gasteiger charge is -2.29. The highest BCUT2D eigenvalue weighted by Crippen LogP contribution is 2.17. The molecule has 0 aromatic carbocycles. The van der Waals surface area contributed by atoms with E-state index in [9.17, 15) is 26.4 Å². The number of nitrogens with zero attached hydrogens (tertiary/aromatic N) is 1. The molecule has 0 N–H and O–H groups in total. The third-order valence-corrected chi connectivity index (χ3v) is 4.27. The Morgan fingerprint density at radius 1 is 1.30 bits per heavy atom. The summed E-state index contributed by atoms with van der Waals surface area (Å²) in [4.78, 5) is 12.5. The van der Waals surface area contributed by atoms with Crippen LogP contribution in [0.1, 0.15) is 6.92 Å². The van der Waals surface area contributed by atoms with Crippen LogP contribution in [0.2, 0.25) is 0 Å². The van der Waals surface area contributed by atoms with E-state index in [4.69, 9.17) is 4.74 Å². The largest absolute Gasteiger partial charge is 0.522 e. The number of carbonyl (C=O) groups is 1. The van der Waals surface area contributed by atoms with Crippen LogP contribution < -0.4 is 0 Å². The van der Waals surface area contributed by atoms with Gasteiger partial charge in [0.15, 0.2) is 9.84 Å². The van der Waals surface area contributed by atoms with Crippen molar-refractivity contribution in [2.75, 3.05) is 37.7 Å². The number of sulfone groups is 1. The van der Waals surface area contributed by atoms with Crippen molar-refractivity contribution in [3.05, 3.63) is 0 Å². The molecule has 1 atom stereocenters. The van der Waals surface area contributed by atoms with Crippen molar-refractivity contribution < 1.29 is 35.9 Å². The normalized spacial score (nSPS) is 21.4. The van der Waals surface area contributed by atoms with Crippen molar-refractivity contribution >= 4 is 15.8 Å². The summed E-state index contributed by atoms with van der Waals surface area (Å²) in [6.45, 7) is 0.678. The molecule has 1 unspecified atom stereocenters. The number of hydrogen-bond acceptors (Lipinski definition) is 6. The first-order valence-corrected chi connectivity index (χ1v) is 7.70. The predicted octanol–water partition coefficient (Wildman–Crippen LogP) is 0.185. The van der Waals surface area contributed by atoms with Gasteiger partial charge >= 0.3 is 12.3 Å². The van der Waals surface area contributed by atoms with Gasteiger partial charge in [0.2, 0.25) is 0 Å². The van der Waals surface area contributed by atoms with Gasteiger partial charge in [-0.15, -0.1) is 13.2 Å². The Hall–Kier alpha value is -0.870. The van der Waals surface area contributed by atoms with E-state index in [0.29, 0.717) is 0 Å². The fourth-order valence-electron chi connectivity index (χ4n) is 1.77. The van der Waals surface area contributed by atoms with Crippen LogP contribution in [0, 0.1) is 0 Å². The Labute approximate surface area is 114 Å². The summed E-state index contributed by atoms with van der Waals surface area (Å²) in [6, 6.07) is 0. The van der Waals surface area contributed by atoms with Crippen LogP contribution >= 0.6 is 0 Å². The second-order valence-corrected chi connectivity index (χ2v) is 6.74. The van der Waals surface area contributed by atoms with Crippen molar-refractivity contribution in [3.8, 4) is 0 Å². The van der Waals surface area contributed by atoms with E-state index < -0.39 is 34.9 Å². The van der Waals surface area contributed by atoms with Gasteiger partial charge in [-0.05, 0) is 0 Å². The van der Waals surface area contributed by atoms with E-state index in [1.165, 1.54) is 0 Å². The van der Waals surface area contributed by atoms with Gasteiger partial charge in [0.05, 0.1) is 18.1 Å². The molecule has 6 nitrogen and oxygen atoms in total. The molecule has 1 heterocycles. The van der Waals surface area contributed by atoms with Crippen LogP contribution in [0.15, 0.2) is 0 Å². The smallest absolute Gasteiger partial charge is 0.459 e. The van der Waals surface area contributed by atoms with E-state index in [1.807, 2.05) is 0 Å². The first kappa shape index (κ1) is 17.2. The highest BCUT2D eigenvalue weighted by atomic mass is 32.2. The number of alkyl halides is 3. The number of carbonyl (C=O) groups excluding carboxylic acids is 1. The van der Waals surface area contributed by atoms with Gasteiger partial charge in [0.25, 0.3) is 0 Å². The SMILES string of the molecule is CC(=O)OC(COC(F)(F)F)CN1CCS(=O)(=O)CC1. The van der Waals surface area contributed by atoms with E-state index in [2.05, 4.69) is 4.74 Å². The van der Waals surface area contributed by atoms with Crippen LogP contribution in [0.4, 0.5) is 13.2 Å². The Morgan fingerprint density at radius 2 is 1.85 bits per heavy atom. The first-order valence-electron chi connectivity index (χ1n) is 5.88. The molecule has 0 bridgehead atoms. The third-order valence-electron chi connectivity index (χ3n) is 2.66. The van der Waals surface area contributed by atoms with Crippen molar-refractivity contribution in [2.45, 2.75) is 19.4 Å². The predicted molar refractivity (Wildman–Crippen MR) is 62.7 cm³/mol. The van der Waals surface area contributed by atoms with Crippen LogP contribution in [-0.2, 0) is 24.1 Å². The number of hydrogen-bond donors (Lipinski definition) is 0. The highest BCUT2D eigenvalue weighted by Gasteiger charge is 2.32. The standard InChI is InChI=1S/C10H16F3NO5S/c1-8(15)19-9(7-18-10(11,12)13)6-14-2-4-20(16,17)5-3-14/h9H,2-7H2,1H3. The lowest BCUT2D eigenvalue weighted by atomic mass is 10.3. The van der Waals surface area contributed by atoms with Crippen LogP contribution in [0.25, 0.3) is 0 Å². The number of rotatable bonds is 5. The van der Waals surface area contributed by atoms with Crippen molar-refractivity contribution in [1.29, 1.82) is 0 Å². The van der Waals surface area contributed by atoms with E-state index in [1.54, 1.807) is 4.90 Å². The van der Waals surface area contributed by atoms with Crippen LogP contribution in [0.5, 0.6) is 0 Å². The zero-order chi connectivity index (χ0) is 15.4. The van der Waals surface area contributed by atoms with Gasteiger partial charge in [-0.3, -0.25) is 14.4 Å². The molecule has 1 aliphatic rings. The molecule has 1 fully saturated rings.